The van der Waals surface area contributed by atoms with Gasteiger partial charge in [0.2, 0.25) is 0 Å². The molecule has 0 saturated heterocycles. The molecular formula is C22H27IN4OS. The first-order valence-corrected chi connectivity index (χ1v) is 10.3. The molecule has 5 nitrogen and oxygen atoms in total. The van der Waals surface area contributed by atoms with Gasteiger partial charge < -0.3 is 15.4 Å². The number of benzene rings is 1. The maximum absolute atomic E-state index is 5.78. The predicted octanol–water partition coefficient (Wildman–Crippen LogP) is 4.90. The summed E-state index contributed by atoms with van der Waals surface area (Å²) in [4.78, 5) is 10.3. The number of ether oxygens (including phenoxy) is 1. The van der Waals surface area contributed by atoms with Crippen molar-refractivity contribution in [3.63, 3.8) is 0 Å². The Kier molecular flexibility index (Phi) is 9.93. The summed E-state index contributed by atoms with van der Waals surface area (Å²) in [6.07, 6.45) is 1.77. The summed E-state index contributed by atoms with van der Waals surface area (Å²) in [6.45, 7) is 6.90. The van der Waals surface area contributed by atoms with Crippen molar-refractivity contribution >= 4 is 41.3 Å². The van der Waals surface area contributed by atoms with E-state index in [1.807, 2.05) is 42.5 Å². The molecule has 0 aliphatic rings. The molecule has 2 heterocycles. The Balaban J connectivity index is 0.00000300. The molecule has 0 spiro atoms. The van der Waals surface area contributed by atoms with Crippen molar-refractivity contribution < 1.29 is 4.74 Å². The molecule has 0 radical (unpaired) electrons. The number of hydrogen-bond donors (Lipinski definition) is 2. The minimum Gasteiger partial charge on any atom is -0.487 e. The standard InChI is InChI=1S/C22H26N4OS.HI/c1-3-23-22(26-15-21-17(2)11-13-28-21)25-14-18-7-9-20(10-8-18)27-16-19-6-4-5-12-24-19;/h4-13H,3,14-16H2,1-2H3,(H2,23,25,26);1H. The van der Waals surface area contributed by atoms with E-state index in [1.165, 1.54) is 10.4 Å². The minimum absolute atomic E-state index is 0. The molecule has 3 rings (SSSR count). The lowest BCUT2D eigenvalue weighted by molar-refractivity contribution is 0.301. The Morgan fingerprint density at radius 1 is 1.10 bits per heavy atom. The van der Waals surface area contributed by atoms with Crippen LogP contribution in [0.3, 0.4) is 0 Å². The Labute approximate surface area is 193 Å². The summed E-state index contributed by atoms with van der Waals surface area (Å²) in [7, 11) is 0. The monoisotopic (exact) mass is 522 g/mol. The van der Waals surface area contributed by atoms with Crippen molar-refractivity contribution in [3.8, 4) is 5.75 Å². The van der Waals surface area contributed by atoms with Gasteiger partial charge in [0.05, 0.1) is 18.8 Å². The maximum atomic E-state index is 5.78. The van der Waals surface area contributed by atoms with E-state index in [0.29, 0.717) is 13.2 Å². The summed E-state index contributed by atoms with van der Waals surface area (Å²) in [5.74, 6) is 1.65. The van der Waals surface area contributed by atoms with Crippen LogP contribution in [0.15, 0.2) is 65.1 Å². The number of guanidine groups is 1. The molecule has 0 atom stereocenters. The Morgan fingerprint density at radius 2 is 1.93 bits per heavy atom. The molecule has 2 N–H and O–H groups in total. The highest BCUT2D eigenvalue weighted by Crippen LogP contribution is 2.15. The van der Waals surface area contributed by atoms with Gasteiger partial charge in [0.25, 0.3) is 0 Å². The first kappa shape index (κ1) is 23.2. The normalized spacial score (nSPS) is 10.9. The molecule has 2 aromatic heterocycles. The average molecular weight is 522 g/mol. The molecule has 3 aromatic rings. The summed E-state index contributed by atoms with van der Waals surface area (Å²) in [6, 6.07) is 16.0. The van der Waals surface area contributed by atoms with Crippen molar-refractivity contribution in [1.82, 2.24) is 15.6 Å². The number of pyridine rings is 1. The van der Waals surface area contributed by atoms with Crippen LogP contribution in [-0.4, -0.2) is 17.5 Å². The molecular weight excluding hydrogens is 495 g/mol. The molecule has 0 amide bonds. The Bertz CT molecular complexity index is 881. The highest BCUT2D eigenvalue weighted by molar-refractivity contribution is 14.0. The lowest BCUT2D eigenvalue weighted by atomic mass is 10.2. The van der Waals surface area contributed by atoms with Gasteiger partial charge in [-0.25, -0.2) is 4.99 Å². The quantitative estimate of drug-likeness (QED) is 0.251. The van der Waals surface area contributed by atoms with E-state index in [9.17, 15) is 0 Å². The van der Waals surface area contributed by atoms with E-state index in [-0.39, 0.29) is 24.0 Å². The first-order chi connectivity index (χ1) is 13.7. The van der Waals surface area contributed by atoms with E-state index in [1.54, 1.807) is 17.5 Å². The van der Waals surface area contributed by atoms with Gasteiger partial charge in [-0.05, 0) is 60.7 Å². The second-order valence-electron chi connectivity index (χ2n) is 6.33. The third-order valence-corrected chi connectivity index (χ3v) is 5.21. The maximum Gasteiger partial charge on any atom is 0.191 e. The molecule has 154 valence electrons. The fraction of sp³-hybridized carbons (Fsp3) is 0.273. The molecule has 0 aliphatic heterocycles. The zero-order valence-electron chi connectivity index (χ0n) is 16.7. The molecule has 29 heavy (non-hydrogen) atoms. The fourth-order valence-corrected chi connectivity index (χ4v) is 3.44. The van der Waals surface area contributed by atoms with Crippen LogP contribution in [0.4, 0.5) is 0 Å². The lowest BCUT2D eigenvalue weighted by Crippen LogP contribution is -2.36. The third kappa shape index (κ3) is 7.66. The first-order valence-electron chi connectivity index (χ1n) is 9.41. The van der Waals surface area contributed by atoms with Gasteiger partial charge in [0, 0.05) is 17.6 Å². The van der Waals surface area contributed by atoms with Crippen LogP contribution in [0.2, 0.25) is 0 Å². The number of rotatable bonds is 8. The summed E-state index contributed by atoms with van der Waals surface area (Å²) in [5, 5.41) is 8.82. The lowest BCUT2D eigenvalue weighted by Gasteiger charge is -2.11. The van der Waals surface area contributed by atoms with Crippen LogP contribution >= 0.6 is 35.3 Å². The molecule has 0 aliphatic carbocycles. The van der Waals surface area contributed by atoms with Gasteiger partial charge in [0.15, 0.2) is 5.96 Å². The van der Waals surface area contributed by atoms with Gasteiger partial charge in [0.1, 0.15) is 12.4 Å². The predicted molar refractivity (Wildman–Crippen MR) is 131 cm³/mol. The van der Waals surface area contributed by atoms with Gasteiger partial charge in [-0.1, -0.05) is 18.2 Å². The van der Waals surface area contributed by atoms with Crippen molar-refractivity contribution in [3.05, 3.63) is 81.8 Å². The van der Waals surface area contributed by atoms with Crippen LogP contribution in [0.5, 0.6) is 5.75 Å². The van der Waals surface area contributed by atoms with Gasteiger partial charge in [-0.15, -0.1) is 35.3 Å². The van der Waals surface area contributed by atoms with Gasteiger partial charge in [-0.2, -0.15) is 0 Å². The van der Waals surface area contributed by atoms with E-state index in [2.05, 4.69) is 45.9 Å². The molecule has 0 saturated carbocycles. The number of nitrogens with zero attached hydrogens (tertiary/aromatic N) is 2. The number of hydrogen-bond acceptors (Lipinski definition) is 4. The average Bonchev–Trinajstić information content (AvgIpc) is 3.15. The van der Waals surface area contributed by atoms with E-state index < -0.39 is 0 Å². The molecule has 0 unspecified atom stereocenters. The summed E-state index contributed by atoms with van der Waals surface area (Å²) < 4.78 is 5.78. The second kappa shape index (κ2) is 12.4. The highest BCUT2D eigenvalue weighted by Gasteiger charge is 2.03. The number of thiophene rings is 1. The number of aromatic nitrogens is 1. The summed E-state index contributed by atoms with van der Waals surface area (Å²) >= 11 is 1.77. The van der Waals surface area contributed by atoms with Gasteiger partial charge >= 0.3 is 0 Å². The molecule has 0 fully saturated rings. The number of aliphatic imine (C=N–C) groups is 1. The smallest absolute Gasteiger partial charge is 0.191 e. The Morgan fingerprint density at radius 3 is 2.59 bits per heavy atom. The van der Waals surface area contributed by atoms with Crippen LogP contribution < -0.4 is 15.4 Å². The van der Waals surface area contributed by atoms with Crippen LogP contribution in [0.25, 0.3) is 0 Å². The molecule has 7 heteroatoms. The minimum atomic E-state index is 0. The third-order valence-electron chi connectivity index (χ3n) is 4.18. The van der Waals surface area contributed by atoms with Gasteiger partial charge in [-0.3, -0.25) is 4.98 Å². The summed E-state index contributed by atoms with van der Waals surface area (Å²) in [5.41, 5.74) is 3.36. The molecule has 0 bridgehead atoms. The van der Waals surface area contributed by atoms with E-state index in [4.69, 9.17) is 4.74 Å². The molecule has 1 aromatic carbocycles. The zero-order chi connectivity index (χ0) is 19.6. The second-order valence-corrected chi connectivity index (χ2v) is 7.33. The fourth-order valence-electron chi connectivity index (χ4n) is 2.59. The van der Waals surface area contributed by atoms with Crippen LogP contribution in [-0.2, 0) is 19.7 Å². The van der Waals surface area contributed by atoms with Crippen molar-refractivity contribution in [2.75, 3.05) is 6.54 Å². The van der Waals surface area contributed by atoms with E-state index >= 15 is 0 Å². The number of nitrogens with one attached hydrogen (secondary N) is 2. The Hall–Kier alpha value is -2.13. The highest BCUT2D eigenvalue weighted by atomic mass is 127. The van der Waals surface area contributed by atoms with E-state index in [0.717, 1.165) is 36.1 Å². The zero-order valence-corrected chi connectivity index (χ0v) is 19.9. The largest absolute Gasteiger partial charge is 0.487 e. The van der Waals surface area contributed by atoms with Crippen molar-refractivity contribution in [1.29, 1.82) is 0 Å². The van der Waals surface area contributed by atoms with Crippen LogP contribution in [0, 0.1) is 6.92 Å². The van der Waals surface area contributed by atoms with Crippen molar-refractivity contribution in [2.45, 2.75) is 33.5 Å². The number of aryl methyl sites for hydroxylation is 1. The topological polar surface area (TPSA) is 58.5 Å². The van der Waals surface area contributed by atoms with Crippen molar-refractivity contribution in [2.24, 2.45) is 4.99 Å². The van der Waals surface area contributed by atoms with Crippen LogP contribution in [0.1, 0.15) is 28.6 Å². The number of halogens is 1. The SMILES string of the molecule is CCNC(=NCc1ccc(OCc2ccccn2)cc1)NCc1sccc1C.I.